The number of rotatable bonds is 4. The van der Waals surface area contributed by atoms with E-state index in [4.69, 9.17) is 15.6 Å². The molecule has 0 radical (unpaired) electrons. The Kier molecular flexibility index (Phi) is 5.04. The number of benzene rings is 1. The maximum atomic E-state index is 9.92. The molecular formula is C10H13Br2NO3. The molecule has 0 saturated carbocycles. The predicted molar refractivity (Wildman–Crippen MR) is 68.7 cm³/mol. The Morgan fingerprint density at radius 3 is 2.62 bits per heavy atom. The summed E-state index contributed by atoms with van der Waals surface area (Å²) in [6.07, 6.45) is 0.388. The summed E-state index contributed by atoms with van der Waals surface area (Å²) < 4.78 is 6.26. The highest BCUT2D eigenvalue weighted by Gasteiger charge is 2.19. The highest BCUT2D eigenvalue weighted by molar-refractivity contribution is 9.11. The van der Waals surface area contributed by atoms with Crippen molar-refractivity contribution in [2.75, 3.05) is 13.7 Å². The van der Waals surface area contributed by atoms with Gasteiger partial charge in [-0.3, -0.25) is 0 Å². The van der Waals surface area contributed by atoms with Gasteiger partial charge in [-0.05, 0) is 44.3 Å². The second kappa shape index (κ2) is 5.86. The van der Waals surface area contributed by atoms with Crippen LogP contribution in [0.5, 0.6) is 11.5 Å². The Morgan fingerprint density at radius 2 is 2.12 bits per heavy atom. The molecule has 0 aliphatic heterocycles. The van der Waals surface area contributed by atoms with Crippen LogP contribution >= 0.6 is 31.9 Å². The second-order valence-electron chi connectivity index (χ2n) is 3.26. The number of phenols is 1. The van der Waals surface area contributed by atoms with E-state index in [-0.39, 0.29) is 12.4 Å². The molecule has 0 heterocycles. The van der Waals surface area contributed by atoms with Gasteiger partial charge in [0.15, 0.2) is 5.75 Å². The highest BCUT2D eigenvalue weighted by Crippen LogP contribution is 2.43. The van der Waals surface area contributed by atoms with Crippen LogP contribution in [0.25, 0.3) is 0 Å². The molecule has 0 aliphatic rings. The molecule has 1 rings (SSSR count). The minimum absolute atomic E-state index is 0.0259. The van der Waals surface area contributed by atoms with Gasteiger partial charge < -0.3 is 20.7 Å². The topological polar surface area (TPSA) is 75.7 Å². The van der Waals surface area contributed by atoms with E-state index >= 15 is 0 Å². The molecule has 0 bridgehead atoms. The summed E-state index contributed by atoms with van der Waals surface area (Å²) in [5.41, 5.74) is 6.40. The molecule has 4 N–H and O–H groups in total. The van der Waals surface area contributed by atoms with Gasteiger partial charge in [0.1, 0.15) is 10.2 Å². The lowest BCUT2D eigenvalue weighted by atomic mass is 10.0. The highest BCUT2D eigenvalue weighted by atomic mass is 79.9. The molecule has 0 spiro atoms. The van der Waals surface area contributed by atoms with Crippen LogP contribution in [-0.4, -0.2) is 23.9 Å². The number of aliphatic hydroxyl groups excluding tert-OH is 1. The maximum absolute atomic E-state index is 9.92. The minimum Gasteiger partial charge on any atom is -0.506 e. The maximum Gasteiger partial charge on any atom is 0.150 e. The van der Waals surface area contributed by atoms with Gasteiger partial charge >= 0.3 is 0 Å². The van der Waals surface area contributed by atoms with Crippen molar-refractivity contribution in [1.29, 1.82) is 0 Å². The van der Waals surface area contributed by atoms with Gasteiger partial charge in [0.05, 0.1) is 11.6 Å². The first-order chi connectivity index (χ1) is 7.52. The van der Waals surface area contributed by atoms with Gasteiger partial charge in [0.2, 0.25) is 0 Å². The van der Waals surface area contributed by atoms with E-state index in [9.17, 15) is 5.11 Å². The van der Waals surface area contributed by atoms with Crippen molar-refractivity contribution in [2.45, 2.75) is 12.5 Å². The molecular weight excluding hydrogens is 342 g/mol. The van der Waals surface area contributed by atoms with Crippen LogP contribution in [0.3, 0.4) is 0 Å². The summed E-state index contributed by atoms with van der Waals surface area (Å²) in [5.74, 6) is 0.554. The van der Waals surface area contributed by atoms with Crippen molar-refractivity contribution in [1.82, 2.24) is 0 Å². The third-order valence-electron chi connectivity index (χ3n) is 2.22. The van der Waals surface area contributed by atoms with E-state index in [1.54, 1.807) is 6.07 Å². The molecule has 4 nitrogen and oxygen atoms in total. The van der Waals surface area contributed by atoms with Gasteiger partial charge in [-0.1, -0.05) is 0 Å². The standard InChI is InChI=1S/C10H13Br2NO3/c1-16-10-6(11)4-5(7(13)2-3-14)9(15)8(10)12/h4,7,14-15H,2-3,13H2,1H3. The van der Waals surface area contributed by atoms with Crippen LogP contribution in [0, 0.1) is 0 Å². The molecule has 0 fully saturated rings. The Hall–Kier alpha value is -0.300. The van der Waals surface area contributed by atoms with E-state index < -0.39 is 6.04 Å². The number of aliphatic hydroxyl groups is 1. The van der Waals surface area contributed by atoms with Crippen molar-refractivity contribution in [3.63, 3.8) is 0 Å². The first-order valence-corrected chi connectivity index (χ1v) is 6.22. The number of ether oxygens (including phenoxy) is 1. The van der Waals surface area contributed by atoms with Crippen molar-refractivity contribution >= 4 is 31.9 Å². The smallest absolute Gasteiger partial charge is 0.150 e. The molecule has 90 valence electrons. The quantitative estimate of drug-likeness (QED) is 0.775. The van der Waals surface area contributed by atoms with Crippen molar-refractivity contribution in [3.05, 3.63) is 20.6 Å². The van der Waals surface area contributed by atoms with E-state index in [0.717, 1.165) is 0 Å². The van der Waals surface area contributed by atoms with Crippen molar-refractivity contribution in [2.24, 2.45) is 5.73 Å². The van der Waals surface area contributed by atoms with Crippen LogP contribution < -0.4 is 10.5 Å². The number of nitrogens with two attached hydrogens (primary N) is 1. The number of hydrogen-bond donors (Lipinski definition) is 3. The van der Waals surface area contributed by atoms with Gasteiger partial charge in [0, 0.05) is 18.2 Å². The third-order valence-corrected chi connectivity index (χ3v) is 3.55. The van der Waals surface area contributed by atoms with Gasteiger partial charge in [-0.25, -0.2) is 0 Å². The van der Waals surface area contributed by atoms with Gasteiger partial charge in [0.25, 0.3) is 0 Å². The van der Waals surface area contributed by atoms with E-state index in [2.05, 4.69) is 31.9 Å². The fourth-order valence-electron chi connectivity index (χ4n) is 1.37. The lowest BCUT2D eigenvalue weighted by molar-refractivity contribution is 0.275. The van der Waals surface area contributed by atoms with Crippen molar-refractivity contribution < 1.29 is 14.9 Å². The average molecular weight is 355 g/mol. The van der Waals surface area contributed by atoms with Gasteiger partial charge in [-0.15, -0.1) is 0 Å². The number of methoxy groups -OCH3 is 1. The first-order valence-electron chi connectivity index (χ1n) is 4.64. The normalized spacial score (nSPS) is 12.6. The molecule has 6 heteroatoms. The van der Waals surface area contributed by atoms with E-state index in [0.29, 0.717) is 26.7 Å². The monoisotopic (exact) mass is 353 g/mol. The molecule has 0 aromatic heterocycles. The SMILES string of the molecule is COc1c(Br)cc(C(N)CCO)c(O)c1Br. The fraction of sp³-hybridized carbons (Fsp3) is 0.400. The fourth-order valence-corrected chi connectivity index (χ4v) is 2.85. The molecule has 1 unspecified atom stereocenters. The number of halogens is 2. The lowest BCUT2D eigenvalue weighted by Gasteiger charge is -2.16. The summed E-state index contributed by atoms with van der Waals surface area (Å²) in [6, 6.07) is 1.28. The van der Waals surface area contributed by atoms with Crippen LogP contribution in [-0.2, 0) is 0 Å². The number of aromatic hydroxyl groups is 1. The molecule has 1 aromatic carbocycles. The largest absolute Gasteiger partial charge is 0.506 e. The van der Waals surface area contributed by atoms with Crippen LogP contribution in [0.15, 0.2) is 15.0 Å². The molecule has 1 atom stereocenters. The summed E-state index contributed by atoms with van der Waals surface area (Å²) in [5, 5.41) is 18.7. The molecule has 0 aliphatic carbocycles. The number of hydrogen-bond acceptors (Lipinski definition) is 4. The summed E-state index contributed by atoms with van der Waals surface area (Å²) >= 11 is 6.57. The zero-order chi connectivity index (χ0) is 12.3. The zero-order valence-electron chi connectivity index (χ0n) is 8.70. The Bertz CT molecular complexity index is 385. The molecule has 0 saturated heterocycles. The molecule has 16 heavy (non-hydrogen) atoms. The molecule has 1 aromatic rings. The first kappa shape index (κ1) is 13.8. The van der Waals surface area contributed by atoms with Gasteiger partial charge in [-0.2, -0.15) is 0 Å². The lowest BCUT2D eigenvalue weighted by Crippen LogP contribution is -2.12. The van der Waals surface area contributed by atoms with Crippen LogP contribution in [0.4, 0.5) is 0 Å². The summed E-state index contributed by atoms with van der Waals surface area (Å²) in [6.45, 7) is -0.0259. The van der Waals surface area contributed by atoms with E-state index in [1.165, 1.54) is 7.11 Å². The second-order valence-corrected chi connectivity index (χ2v) is 4.91. The Labute approximate surface area is 111 Å². The predicted octanol–water partition coefficient (Wildman–Crippen LogP) is 2.31. The number of phenolic OH excluding ortho intramolecular Hbond substituents is 1. The van der Waals surface area contributed by atoms with Crippen molar-refractivity contribution in [3.8, 4) is 11.5 Å². The van der Waals surface area contributed by atoms with Crippen LogP contribution in [0.2, 0.25) is 0 Å². The molecule has 0 amide bonds. The summed E-state index contributed by atoms with van der Waals surface area (Å²) in [7, 11) is 1.51. The van der Waals surface area contributed by atoms with Crippen LogP contribution in [0.1, 0.15) is 18.0 Å². The Morgan fingerprint density at radius 1 is 1.50 bits per heavy atom. The van der Waals surface area contributed by atoms with E-state index in [1.807, 2.05) is 0 Å². The third kappa shape index (κ3) is 2.68. The minimum atomic E-state index is -0.413. The Balaban J connectivity index is 3.22. The summed E-state index contributed by atoms with van der Waals surface area (Å²) in [4.78, 5) is 0. The average Bonchev–Trinajstić information content (AvgIpc) is 2.24. The zero-order valence-corrected chi connectivity index (χ0v) is 11.9.